The van der Waals surface area contributed by atoms with Crippen molar-refractivity contribution in [2.45, 2.75) is 33.1 Å². The Morgan fingerprint density at radius 3 is 2.71 bits per heavy atom. The van der Waals surface area contributed by atoms with E-state index in [-0.39, 0.29) is 5.91 Å². The van der Waals surface area contributed by atoms with E-state index in [4.69, 9.17) is 0 Å². The molecule has 2 heteroatoms. The number of rotatable bonds is 4. The Labute approximate surface area is 86.3 Å². The summed E-state index contributed by atoms with van der Waals surface area (Å²) < 4.78 is 0. The molecule has 2 nitrogen and oxygen atoms in total. The Balaban J connectivity index is 2.83. The molecule has 1 amide bonds. The molecule has 0 atom stereocenters. The molecule has 0 radical (unpaired) electrons. The first-order valence-corrected chi connectivity index (χ1v) is 5.14. The van der Waals surface area contributed by atoms with Gasteiger partial charge in [0.2, 0.25) is 5.91 Å². The molecule has 0 bridgehead atoms. The second kappa shape index (κ2) is 4.45. The van der Waals surface area contributed by atoms with Gasteiger partial charge in [-0.3, -0.25) is 4.79 Å². The highest BCUT2D eigenvalue weighted by Crippen LogP contribution is 2.29. The minimum Gasteiger partial charge on any atom is -0.319 e. The van der Waals surface area contributed by atoms with Crippen LogP contribution in [0.3, 0.4) is 0 Å². The Hall–Kier alpha value is -1.05. The molecule has 0 N–H and O–H groups in total. The molecule has 0 fully saturated rings. The second-order valence-electron chi connectivity index (χ2n) is 4.27. The zero-order valence-corrected chi connectivity index (χ0v) is 9.34. The topological polar surface area (TPSA) is 20.3 Å². The zero-order chi connectivity index (χ0) is 10.7. The van der Waals surface area contributed by atoms with Crippen molar-refractivity contribution in [3.63, 3.8) is 0 Å². The van der Waals surface area contributed by atoms with Gasteiger partial charge >= 0.3 is 0 Å². The third kappa shape index (κ3) is 2.25. The highest BCUT2D eigenvalue weighted by molar-refractivity contribution is 5.84. The number of nitrogens with zero attached hydrogens (tertiary/aromatic N) is 1. The lowest BCUT2D eigenvalue weighted by Crippen LogP contribution is -2.19. The van der Waals surface area contributed by atoms with Crippen LogP contribution in [-0.4, -0.2) is 17.9 Å². The van der Waals surface area contributed by atoms with Crippen LogP contribution in [0.4, 0.5) is 0 Å². The van der Waals surface area contributed by atoms with Gasteiger partial charge in [0.1, 0.15) is 0 Å². The van der Waals surface area contributed by atoms with E-state index in [9.17, 15) is 4.79 Å². The van der Waals surface area contributed by atoms with Gasteiger partial charge in [0, 0.05) is 19.2 Å². The molecule has 0 aromatic rings. The highest BCUT2D eigenvalue weighted by Gasteiger charge is 2.25. The van der Waals surface area contributed by atoms with Gasteiger partial charge in [0.15, 0.2) is 0 Å². The highest BCUT2D eigenvalue weighted by atomic mass is 16.2. The van der Waals surface area contributed by atoms with Crippen LogP contribution in [0.1, 0.15) is 33.1 Å². The standard InChI is InChI=1S/C12H19NO/c1-5-6-11-10(7-9(2)3)8-12(14)13(11)4/h5,9H,1,6-8H2,2-4H3. The van der Waals surface area contributed by atoms with Crippen molar-refractivity contribution >= 4 is 5.91 Å². The van der Waals surface area contributed by atoms with E-state index in [2.05, 4.69) is 20.4 Å². The summed E-state index contributed by atoms with van der Waals surface area (Å²) in [5.41, 5.74) is 2.46. The Kier molecular flexibility index (Phi) is 3.50. The number of hydrogen-bond acceptors (Lipinski definition) is 1. The van der Waals surface area contributed by atoms with Gasteiger partial charge in [-0.1, -0.05) is 19.9 Å². The molecular formula is C12H19NO. The fourth-order valence-corrected chi connectivity index (χ4v) is 1.89. The lowest BCUT2D eigenvalue weighted by Gasteiger charge is -2.14. The molecule has 14 heavy (non-hydrogen) atoms. The van der Waals surface area contributed by atoms with Crippen LogP contribution >= 0.6 is 0 Å². The minimum absolute atomic E-state index is 0.220. The summed E-state index contributed by atoms with van der Waals surface area (Å²) in [7, 11) is 1.86. The van der Waals surface area contributed by atoms with Crippen molar-refractivity contribution in [2.75, 3.05) is 7.05 Å². The normalized spacial score (nSPS) is 17.1. The fourth-order valence-electron chi connectivity index (χ4n) is 1.89. The number of carbonyl (C=O) groups is 1. The maximum Gasteiger partial charge on any atom is 0.230 e. The van der Waals surface area contributed by atoms with E-state index in [1.165, 1.54) is 11.3 Å². The van der Waals surface area contributed by atoms with Gasteiger partial charge in [-0.05, 0) is 17.9 Å². The molecule has 1 aliphatic heterocycles. The molecule has 0 saturated heterocycles. The van der Waals surface area contributed by atoms with Gasteiger partial charge in [0.05, 0.1) is 6.42 Å². The maximum atomic E-state index is 11.5. The summed E-state index contributed by atoms with van der Waals surface area (Å²) in [6, 6.07) is 0. The number of allylic oxidation sites excluding steroid dienone is 1. The summed E-state index contributed by atoms with van der Waals surface area (Å²) in [5, 5.41) is 0. The Morgan fingerprint density at radius 2 is 2.21 bits per heavy atom. The minimum atomic E-state index is 0.220. The lowest BCUT2D eigenvalue weighted by atomic mass is 9.99. The summed E-state index contributed by atoms with van der Waals surface area (Å²) >= 11 is 0. The van der Waals surface area contributed by atoms with Crippen LogP contribution in [0.2, 0.25) is 0 Å². The summed E-state index contributed by atoms with van der Waals surface area (Å²) in [6.07, 6.45) is 4.31. The summed E-state index contributed by atoms with van der Waals surface area (Å²) in [6.45, 7) is 8.09. The first kappa shape index (κ1) is 11.0. The zero-order valence-electron chi connectivity index (χ0n) is 9.34. The maximum absolute atomic E-state index is 11.5. The quantitative estimate of drug-likeness (QED) is 0.629. The average molecular weight is 193 g/mol. The smallest absolute Gasteiger partial charge is 0.230 e. The molecule has 1 rings (SSSR count). The molecule has 1 aliphatic rings. The van der Waals surface area contributed by atoms with E-state index in [1.54, 1.807) is 4.90 Å². The average Bonchev–Trinajstić information content (AvgIpc) is 2.32. The van der Waals surface area contributed by atoms with Gasteiger partial charge in [-0.25, -0.2) is 0 Å². The monoisotopic (exact) mass is 193 g/mol. The van der Waals surface area contributed by atoms with Crippen molar-refractivity contribution in [3.8, 4) is 0 Å². The van der Waals surface area contributed by atoms with Crippen molar-refractivity contribution in [1.29, 1.82) is 0 Å². The van der Waals surface area contributed by atoms with E-state index >= 15 is 0 Å². The SMILES string of the molecule is C=CCC1=C(CC(C)C)CC(=O)N1C. The van der Waals surface area contributed by atoms with E-state index in [0.29, 0.717) is 12.3 Å². The molecular weight excluding hydrogens is 174 g/mol. The first-order valence-electron chi connectivity index (χ1n) is 5.14. The summed E-state index contributed by atoms with van der Waals surface area (Å²) in [4.78, 5) is 13.3. The van der Waals surface area contributed by atoms with Gasteiger partial charge < -0.3 is 4.90 Å². The van der Waals surface area contributed by atoms with Crippen LogP contribution in [0.15, 0.2) is 23.9 Å². The van der Waals surface area contributed by atoms with Gasteiger partial charge in [-0.15, -0.1) is 6.58 Å². The van der Waals surface area contributed by atoms with E-state index in [0.717, 1.165) is 12.8 Å². The molecule has 1 heterocycles. The van der Waals surface area contributed by atoms with Gasteiger partial charge in [0.25, 0.3) is 0 Å². The van der Waals surface area contributed by atoms with Crippen molar-refractivity contribution < 1.29 is 4.79 Å². The second-order valence-corrected chi connectivity index (χ2v) is 4.27. The van der Waals surface area contributed by atoms with Crippen LogP contribution in [0, 0.1) is 5.92 Å². The van der Waals surface area contributed by atoms with Crippen molar-refractivity contribution in [1.82, 2.24) is 4.90 Å². The Morgan fingerprint density at radius 1 is 1.57 bits per heavy atom. The third-order valence-corrected chi connectivity index (χ3v) is 2.54. The van der Waals surface area contributed by atoms with E-state index < -0.39 is 0 Å². The largest absolute Gasteiger partial charge is 0.319 e. The molecule has 78 valence electrons. The first-order chi connectivity index (χ1) is 6.56. The van der Waals surface area contributed by atoms with Crippen LogP contribution in [0.5, 0.6) is 0 Å². The molecule has 0 aromatic carbocycles. The van der Waals surface area contributed by atoms with Crippen LogP contribution in [-0.2, 0) is 4.79 Å². The van der Waals surface area contributed by atoms with E-state index in [1.807, 2.05) is 13.1 Å². The number of carbonyl (C=O) groups excluding carboxylic acids is 1. The molecule has 0 aliphatic carbocycles. The lowest BCUT2D eigenvalue weighted by molar-refractivity contribution is -0.126. The number of amides is 1. The number of hydrogen-bond donors (Lipinski definition) is 0. The predicted molar refractivity (Wildman–Crippen MR) is 58.7 cm³/mol. The fraction of sp³-hybridized carbons (Fsp3) is 0.583. The Bertz CT molecular complexity index is 276. The van der Waals surface area contributed by atoms with Crippen molar-refractivity contribution in [2.24, 2.45) is 5.92 Å². The molecule has 0 unspecified atom stereocenters. The molecule has 0 spiro atoms. The predicted octanol–water partition coefficient (Wildman–Crippen LogP) is 2.72. The third-order valence-electron chi connectivity index (χ3n) is 2.54. The van der Waals surface area contributed by atoms with Gasteiger partial charge in [-0.2, -0.15) is 0 Å². The molecule has 0 aromatic heterocycles. The van der Waals surface area contributed by atoms with Crippen LogP contribution in [0.25, 0.3) is 0 Å². The molecule has 0 saturated carbocycles. The van der Waals surface area contributed by atoms with Crippen molar-refractivity contribution in [3.05, 3.63) is 23.9 Å². The van der Waals surface area contributed by atoms with Crippen LogP contribution < -0.4 is 0 Å². The summed E-state index contributed by atoms with van der Waals surface area (Å²) in [5.74, 6) is 0.835.